The van der Waals surface area contributed by atoms with Gasteiger partial charge >= 0.3 is 0 Å². The lowest BCUT2D eigenvalue weighted by Gasteiger charge is -2.13. The number of methoxy groups -OCH3 is 1. The number of aromatic nitrogens is 1. The van der Waals surface area contributed by atoms with E-state index in [9.17, 15) is 4.79 Å². The van der Waals surface area contributed by atoms with Crippen molar-refractivity contribution in [3.63, 3.8) is 0 Å². The Hall–Kier alpha value is -1.90. The van der Waals surface area contributed by atoms with Gasteiger partial charge in [-0.15, -0.1) is 11.3 Å². The highest BCUT2D eigenvalue weighted by molar-refractivity contribution is 9.13. The summed E-state index contributed by atoms with van der Waals surface area (Å²) in [6.45, 7) is 0.376. The molecule has 0 radical (unpaired) electrons. The quantitative estimate of drug-likeness (QED) is 0.487. The van der Waals surface area contributed by atoms with Crippen molar-refractivity contribution in [1.29, 1.82) is 0 Å². The van der Waals surface area contributed by atoms with Crippen molar-refractivity contribution >= 4 is 54.8 Å². The molecule has 0 saturated carbocycles. The predicted octanol–water partition coefficient (Wildman–Crippen LogP) is 5.51. The topological polar surface area (TPSA) is 60.5 Å². The number of halogens is 2. The number of amides is 1. The number of hydrogen-bond acceptors (Lipinski definition) is 5. The number of ether oxygens (including phenoxy) is 2. The van der Waals surface area contributed by atoms with Gasteiger partial charge < -0.3 is 14.8 Å². The summed E-state index contributed by atoms with van der Waals surface area (Å²) in [5.74, 6) is 0.959. The van der Waals surface area contributed by atoms with Crippen LogP contribution in [0.1, 0.15) is 15.2 Å². The molecule has 2 aromatic heterocycles. The fraction of sp³-hybridized carbons (Fsp3) is 0.111. The van der Waals surface area contributed by atoms with Crippen LogP contribution in [0.15, 0.2) is 57.1 Å². The molecule has 134 valence electrons. The number of hydrogen-bond donors (Lipinski definition) is 1. The van der Waals surface area contributed by atoms with Crippen LogP contribution in [-0.2, 0) is 6.61 Å². The molecule has 0 unspecified atom stereocenters. The number of pyridine rings is 1. The van der Waals surface area contributed by atoms with E-state index >= 15 is 0 Å². The number of anilines is 1. The molecule has 3 rings (SSSR count). The Bertz CT molecular complexity index is 897. The maximum absolute atomic E-state index is 12.4. The fourth-order valence-corrected chi connectivity index (χ4v) is 4.09. The van der Waals surface area contributed by atoms with Crippen molar-refractivity contribution in [1.82, 2.24) is 4.98 Å². The Kier molecular flexibility index (Phi) is 6.29. The summed E-state index contributed by atoms with van der Waals surface area (Å²) in [6, 6.07) is 10.8. The van der Waals surface area contributed by atoms with Gasteiger partial charge in [0, 0.05) is 28.6 Å². The molecule has 0 saturated heterocycles. The van der Waals surface area contributed by atoms with E-state index < -0.39 is 0 Å². The SMILES string of the molecule is COc1ccc(NC(=O)c2cc(Br)c(Br)s2)cc1OCc1ccncc1. The molecule has 0 fully saturated rings. The van der Waals surface area contributed by atoms with E-state index in [0.29, 0.717) is 28.7 Å². The molecule has 1 aromatic carbocycles. The van der Waals surface area contributed by atoms with E-state index in [2.05, 4.69) is 42.2 Å². The largest absolute Gasteiger partial charge is 0.493 e. The van der Waals surface area contributed by atoms with Gasteiger partial charge in [0.2, 0.25) is 0 Å². The van der Waals surface area contributed by atoms with Crippen LogP contribution < -0.4 is 14.8 Å². The zero-order chi connectivity index (χ0) is 18.5. The van der Waals surface area contributed by atoms with Crippen LogP contribution >= 0.6 is 43.2 Å². The van der Waals surface area contributed by atoms with Gasteiger partial charge in [-0.2, -0.15) is 0 Å². The summed E-state index contributed by atoms with van der Waals surface area (Å²) in [5.41, 5.74) is 1.62. The number of carbonyl (C=O) groups excluding carboxylic acids is 1. The molecule has 0 spiro atoms. The van der Waals surface area contributed by atoms with Crippen LogP contribution in [0.5, 0.6) is 11.5 Å². The standard InChI is InChI=1S/C18H14Br2N2O3S/c1-24-14-3-2-12(22-18(23)16-9-13(19)17(20)26-16)8-15(14)25-10-11-4-6-21-7-5-11/h2-9H,10H2,1H3,(H,22,23). The first kappa shape index (κ1) is 18.9. The fourth-order valence-electron chi connectivity index (χ4n) is 2.16. The van der Waals surface area contributed by atoms with Crippen LogP contribution in [0.4, 0.5) is 5.69 Å². The van der Waals surface area contributed by atoms with Gasteiger partial charge in [0.25, 0.3) is 5.91 Å². The average Bonchev–Trinajstić information content (AvgIpc) is 3.00. The second-order valence-electron chi connectivity index (χ2n) is 5.20. The number of carbonyl (C=O) groups is 1. The molecule has 3 aromatic rings. The molecule has 8 heteroatoms. The normalized spacial score (nSPS) is 10.4. The van der Waals surface area contributed by atoms with E-state index in [1.54, 1.807) is 43.8 Å². The molecule has 1 N–H and O–H groups in total. The first-order chi connectivity index (χ1) is 12.6. The Morgan fingerprint density at radius 2 is 1.92 bits per heavy atom. The maximum Gasteiger partial charge on any atom is 0.265 e. The van der Waals surface area contributed by atoms with Crippen molar-refractivity contribution in [2.75, 3.05) is 12.4 Å². The summed E-state index contributed by atoms with van der Waals surface area (Å²) in [4.78, 5) is 17.0. The molecule has 0 aliphatic heterocycles. The minimum atomic E-state index is -0.188. The van der Waals surface area contributed by atoms with Crippen molar-refractivity contribution in [3.8, 4) is 11.5 Å². The highest BCUT2D eigenvalue weighted by atomic mass is 79.9. The maximum atomic E-state index is 12.4. The minimum Gasteiger partial charge on any atom is -0.493 e. The van der Waals surface area contributed by atoms with E-state index in [0.717, 1.165) is 13.8 Å². The van der Waals surface area contributed by atoms with Crippen molar-refractivity contribution < 1.29 is 14.3 Å². The molecule has 0 aliphatic rings. The van der Waals surface area contributed by atoms with Crippen molar-refractivity contribution in [2.45, 2.75) is 6.61 Å². The van der Waals surface area contributed by atoms with Crippen LogP contribution in [0.2, 0.25) is 0 Å². The van der Waals surface area contributed by atoms with Gasteiger partial charge in [-0.25, -0.2) is 0 Å². The van der Waals surface area contributed by atoms with Gasteiger partial charge in [0.15, 0.2) is 11.5 Å². The summed E-state index contributed by atoms with van der Waals surface area (Å²) in [6.07, 6.45) is 3.42. The Morgan fingerprint density at radius 1 is 1.15 bits per heavy atom. The smallest absolute Gasteiger partial charge is 0.265 e. The molecule has 1 amide bonds. The van der Waals surface area contributed by atoms with Crippen LogP contribution in [0, 0.1) is 0 Å². The summed E-state index contributed by atoms with van der Waals surface area (Å²) in [7, 11) is 1.58. The van der Waals surface area contributed by atoms with E-state index in [1.165, 1.54) is 11.3 Å². The van der Waals surface area contributed by atoms with Crippen LogP contribution in [0.25, 0.3) is 0 Å². The predicted molar refractivity (Wildman–Crippen MR) is 109 cm³/mol. The number of benzene rings is 1. The Labute approximate surface area is 171 Å². The Balaban J connectivity index is 1.75. The lowest BCUT2D eigenvalue weighted by molar-refractivity contribution is 0.103. The second-order valence-corrected chi connectivity index (χ2v) is 8.42. The van der Waals surface area contributed by atoms with Gasteiger partial charge in [-0.05, 0) is 67.8 Å². The molecular formula is C18H14Br2N2O3S. The van der Waals surface area contributed by atoms with E-state index in [1.807, 2.05) is 12.1 Å². The minimum absolute atomic E-state index is 0.188. The summed E-state index contributed by atoms with van der Waals surface area (Å²) in [5, 5.41) is 2.87. The highest BCUT2D eigenvalue weighted by Crippen LogP contribution is 2.34. The van der Waals surface area contributed by atoms with Crippen molar-refractivity contribution in [3.05, 3.63) is 67.5 Å². The third-order valence-electron chi connectivity index (χ3n) is 3.43. The number of nitrogens with one attached hydrogen (secondary N) is 1. The lowest BCUT2D eigenvalue weighted by atomic mass is 10.2. The molecule has 2 heterocycles. The average molecular weight is 498 g/mol. The monoisotopic (exact) mass is 496 g/mol. The number of rotatable bonds is 6. The zero-order valence-electron chi connectivity index (χ0n) is 13.7. The third-order valence-corrected chi connectivity index (χ3v) is 6.69. The number of thiophene rings is 1. The molecule has 0 aliphatic carbocycles. The molecule has 5 nitrogen and oxygen atoms in total. The lowest BCUT2D eigenvalue weighted by Crippen LogP contribution is -2.10. The first-order valence-electron chi connectivity index (χ1n) is 7.52. The van der Waals surface area contributed by atoms with Gasteiger partial charge in [0.05, 0.1) is 15.8 Å². The summed E-state index contributed by atoms with van der Waals surface area (Å²) < 4.78 is 12.9. The van der Waals surface area contributed by atoms with Gasteiger partial charge in [-0.1, -0.05) is 0 Å². The summed E-state index contributed by atoms with van der Waals surface area (Å²) >= 11 is 8.14. The molecule has 0 bridgehead atoms. The van der Waals surface area contributed by atoms with Crippen LogP contribution in [-0.4, -0.2) is 18.0 Å². The van der Waals surface area contributed by atoms with Crippen molar-refractivity contribution in [2.24, 2.45) is 0 Å². The first-order valence-corrected chi connectivity index (χ1v) is 9.93. The highest BCUT2D eigenvalue weighted by Gasteiger charge is 2.14. The molecule has 0 atom stereocenters. The van der Waals surface area contributed by atoms with Gasteiger partial charge in [-0.3, -0.25) is 9.78 Å². The Morgan fingerprint density at radius 3 is 2.58 bits per heavy atom. The van der Waals surface area contributed by atoms with E-state index in [4.69, 9.17) is 9.47 Å². The van der Waals surface area contributed by atoms with Crippen LogP contribution in [0.3, 0.4) is 0 Å². The zero-order valence-corrected chi connectivity index (χ0v) is 17.7. The molecule has 26 heavy (non-hydrogen) atoms. The van der Waals surface area contributed by atoms with E-state index in [-0.39, 0.29) is 5.91 Å². The third kappa shape index (κ3) is 4.63. The van der Waals surface area contributed by atoms with Gasteiger partial charge in [0.1, 0.15) is 6.61 Å². The second kappa shape index (κ2) is 8.66. The molecular weight excluding hydrogens is 484 g/mol. The number of nitrogens with zero attached hydrogens (tertiary/aromatic N) is 1.